The van der Waals surface area contributed by atoms with Crippen molar-refractivity contribution in [2.45, 2.75) is 37.8 Å². The second kappa shape index (κ2) is 6.17. The summed E-state index contributed by atoms with van der Waals surface area (Å²) >= 11 is 0. The molecule has 0 unspecified atom stereocenters. The van der Waals surface area contributed by atoms with E-state index in [0.29, 0.717) is 12.1 Å². The zero-order chi connectivity index (χ0) is 15.5. The van der Waals surface area contributed by atoms with Crippen molar-refractivity contribution in [3.05, 3.63) is 35.9 Å². The summed E-state index contributed by atoms with van der Waals surface area (Å²) in [6.45, 7) is 0.230. The van der Waals surface area contributed by atoms with Crippen LogP contribution in [0.5, 0.6) is 0 Å². The molecule has 1 aromatic rings. The van der Waals surface area contributed by atoms with Crippen LogP contribution in [0.3, 0.4) is 0 Å². The standard InChI is InChI=1S/C16H18N2O4/c19-15(20)8-9-18(12-6-7-12)16(21)13-10-14(22-17-13)11-4-2-1-3-5-11/h1-5,12,14H,6-10H2,(H,19,20)/t14-/m0/s1. The largest absolute Gasteiger partial charge is 0.481 e. The van der Waals surface area contributed by atoms with E-state index in [2.05, 4.69) is 5.16 Å². The number of carboxylic acids is 1. The van der Waals surface area contributed by atoms with Crippen LogP contribution in [-0.2, 0) is 14.4 Å². The van der Waals surface area contributed by atoms with Crippen LogP contribution in [0.4, 0.5) is 0 Å². The molecule has 6 heteroatoms. The number of nitrogens with zero attached hydrogens (tertiary/aromatic N) is 2. The normalized spacial score (nSPS) is 20.2. The summed E-state index contributed by atoms with van der Waals surface area (Å²) in [5.41, 5.74) is 1.36. The summed E-state index contributed by atoms with van der Waals surface area (Å²) in [6, 6.07) is 9.80. The molecule has 1 N–H and O–H groups in total. The lowest BCUT2D eigenvalue weighted by Crippen LogP contribution is -2.39. The molecule has 0 saturated heterocycles. The minimum atomic E-state index is -0.898. The number of oxime groups is 1. The zero-order valence-electron chi connectivity index (χ0n) is 12.1. The van der Waals surface area contributed by atoms with Crippen LogP contribution < -0.4 is 0 Å². The number of carboxylic acid groups (broad SMARTS) is 1. The van der Waals surface area contributed by atoms with E-state index in [-0.39, 0.29) is 31.0 Å². The lowest BCUT2D eigenvalue weighted by molar-refractivity contribution is -0.137. The van der Waals surface area contributed by atoms with Crippen LogP contribution in [0, 0.1) is 0 Å². The summed E-state index contributed by atoms with van der Waals surface area (Å²) in [7, 11) is 0. The van der Waals surface area contributed by atoms with Gasteiger partial charge in [0, 0.05) is 19.0 Å². The van der Waals surface area contributed by atoms with Gasteiger partial charge in [0.1, 0.15) is 5.71 Å². The second-order valence-corrected chi connectivity index (χ2v) is 5.62. The molecule has 1 aliphatic heterocycles. The monoisotopic (exact) mass is 302 g/mol. The molecule has 2 aliphatic rings. The van der Waals surface area contributed by atoms with E-state index in [0.717, 1.165) is 18.4 Å². The maximum atomic E-state index is 12.5. The Morgan fingerprint density at radius 2 is 2.00 bits per heavy atom. The molecule has 1 amide bonds. The van der Waals surface area contributed by atoms with Crippen molar-refractivity contribution in [1.29, 1.82) is 0 Å². The predicted octanol–water partition coefficient (Wildman–Crippen LogP) is 1.97. The number of benzene rings is 1. The second-order valence-electron chi connectivity index (χ2n) is 5.62. The molecule has 1 aliphatic carbocycles. The highest BCUT2D eigenvalue weighted by Gasteiger charge is 2.37. The summed E-state index contributed by atoms with van der Waals surface area (Å²) in [5, 5.41) is 12.7. The number of hydrogen-bond donors (Lipinski definition) is 1. The molecule has 6 nitrogen and oxygen atoms in total. The van der Waals surface area contributed by atoms with Gasteiger partial charge < -0.3 is 14.8 Å². The fourth-order valence-electron chi connectivity index (χ4n) is 2.57. The van der Waals surface area contributed by atoms with Crippen LogP contribution in [0.2, 0.25) is 0 Å². The molecule has 1 saturated carbocycles. The quantitative estimate of drug-likeness (QED) is 0.871. The topological polar surface area (TPSA) is 79.2 Å². The van der Waals surface area contributed by atoms with E-state index in [1.807, 2.05) is 30.3 Å². The van der Waals surface area contributed by atoms with Gasteiger partial charge in [-0.2, -0.15) is 0 Å². The fraction of sp³-hybridized carbons (Fsp3) is 0.438. The molecule has 1 fully saturated rings. The summed E-state index contributed by atoms with van der Waals surface area (Å²) in [5.74, 6) is -1.09. The molecule has 3 rings (SSSR count). The van der Waals surface area contributed by atoms with Crippen LogP contribution in [0.1, 0.15) is 37.4 Å². The third-order valence-corrected chi connectivity index (χ3v) is 3.90. The first-order chi connectivity index (χ1) is 10.6. The highest BCUT2D eigenvalue weighted by Crippen LogP contribution is 2.31. The Morgan fingerprint density at radius 1 is 1.27 bits per heavy atom. The fourth-order valence-corrected chi connectivity index (χ4v) is 2.57. The first-order valence-corrected chi connectivity index (χ1v) is 7.45. The van der Waals surface area contributed by atoms with Gasteiger partial charge in [-0.1, -0.05) is 35.5 Å². The van der Waals surface area contributed by atoms with Gasteiger partial charge in [0.25, 0.3) is 5.91 Å². The van der Waals surface area contributed by atoms with Crippen LogP contribution in [0.15, 0.2) is 35.5 Å². The lowest BCUT2D eigenvalue weighted by Gasteiger charge is -2.21. The Labute approximate surface area is 128 Å². The molecule has 0 spiro atoms. The first kappa shape index (κ1) is 14.6. The van der Waals surface area contributed by atoms with Crippen molar-refractivity contribution in [3.8, 4) is 0 Å². The van der Waals surface area contributed by atoms with Gasteiger partial charge in [-0.3, -0.25) is 9.59 Å². The molecule has 0 bridgehead atoms. The molecule has 1 atom stereocenters. The molecule has 0 radical (unpaired) electrons. The maximum Gasteiger partial charge on any atom is 0.305 e. The first-order valence-electron chi connectivity index (χ1n) is 7.45. The molecule has 116 valence electrons. The van der Waals surface area contributed by atoms with Gasteiger partial charge in [0.05, 0.1) is 6.42 Å². The number of amides is 1. The summed E-state index contributed by atoms with van der Waals surface area (Å²) < 4.78 is 0. The van der Waals surface area contributed by atoms with Crippen molar-refractivity contribution < 1.29 is 19.5 Å². The van der Waals surface area contributed by atoms with Crippen LogP contribution in [0.25, 0.3) is 0 Å². The number of hydrogen-bond acceptors (Lipinski definition) is 4. The van der Waals surface area contributed by atoms with Crippen LogP contribution in [-0.4, -0.2) is 40.2 Å². The molecule has 1 aromatic carbocycles. The zero-order valence-corrected chi connectivity index (χ0v) is 12.1. The van der Waals surface area contributed by atoms with E-state index in [4.69, 9.17) is 9.94 Å². The van der Waals surface area contributed by atoms with Crippen molar-refractivity contribution in [1.82, 2.24) is 4.90 Å². The highest BCUT2D eigenvalue weighted by molar-refractivity contribution is 6.39. The summed E-state index contributed by atoms with van der Waals surface area (Å²) in [4.78, 5) is 30.3. The van der Waals surface area contributed by atoms with E-state index in [1.165, 1.54) is 0 Å². The Bertz CT molecular complexity index is 595. The number of carbonyl (C=O) groups is 2. The SMILES string of the molecule is O=C(O)CCN(C(=O)C1=NO[C@H](c2ccccc2)C1)C1CC1. The molecule has 22 heavy (non-hydrogen) atoms. The van der Waals surface area contributed by atoms with Gasteiger partial charge in [-0.15, -0.1) is 0 Å². The Balaban J connectivity index is 1.63. The Hall–Kier alpha value is -2.37. The average Bonchev–Trinajstić information content (AvgIpc) is 3.23. The third kappa shape index (κ3) is 3.27. The lowest BCUT2D eigenvalue weighted by atomic mass is 10.0. The number of aliphatic carboxylic acids is 1. The van der Waals surface area contributed by atoms with Gasteiger partial charge in [-0.25, -0.2) is 0 Å². The van der Waals surface area contributed by atoms with E-state index in [9.17, 15) is 9.59 Å². The van der Waals surface area contributed by atoms with Gasteiger partial charge in [0.2, 0.25) is 0 Å². The molecular formula is C16H18N2O4. The molecular weight excluding hydrogens is 284 g/mol. The number of rotatable bonds is 6. The molecule has 0 aromatic heterocycles. The average molecular weight is 302 g/mol. The molecule has 1 heterocycles. The van der Waals surface area contributed by atoms with Gasteiger partial charge >= 0.3 is 5.97 Å². The van der Waals surface area contributed by atoms with Crippen molar-refractivity contribution >= 4 is 17.6 Å². The van der Waals surface area contributed by atoms with E-state index in [1.54, 1.807) is 4.90 Å². The predicted molar refractivity (Wildman–Crippen MR) is 79.3 cm³/mol. The Kier molecular flexibility index (Phi) is 4.09. The van der Waals surface area contributed by atoms with Crippen molar-refractivity contribution in [2.24, 2.45) is 5.16 Å². The number of carbonyl (C=O) groups excluding carboxylic acids is 1. The van der Waals surface area contributed by atoms with E-state index >= 15 is 0 Å². The Morgan fingerprint density at radius 3 is 2.64 bits per heavy atom. The van der Waals surface area contributed by atoms with Crippen LogP contribution >= 0.6 is 0 Å². The van der Waals surface area contributed by atoms with Gasteiger partial charge in [-0.05, 0) is 18.4 Å². The van der Waals surface area contributed by atoms with Crippen molar-refractivity contribution in [2.75, 3.05) is 6.54 Å². The van der Waals surface area contributed by atoms with E-state index < -0.39 is 5.97 Å². The van der Waals surface area contributed by atoms with Crippen molar-refractivity contribution in [3.63, 3.8) is 0 Å². The third-order valence-electron chi connectivity index (χ3n) is 3.90. The minimum absolute atomic E-state index is 0.0432. The van der Waals surface area contributed by atoms with Gasteiger partial charge in [0.15, 0.2) is 6.10 Å². The smallest absolute Gasteiger partial charge is 0.305 e. The highest BCUT2D eigenvalue weighted by atomic mass is 16.6. The summed E-state index contributed by atoms with van der Waals surface area (Å²) in [6.07, 6.45) is 2.02. The minimum Gasteiger partial charge on any atom is -0.481 e. The maximum absolute atomic E-state index is 12.5.